The fourth-order valence-corrected chi connectivity index (χ4v) is 2.13. The zero-order valence-electron chi connectivity index (χ0n) is 13.2. The highest BCUT2D eigenvalue weighted by atomic mass is 79.9. The Bertz CT molecular complexity index is 609. The summed E-state index contributed by atoms with van der Waals surface area (Å²) in [4.78, 5) is 4.18. The molecule has 1 heterocycles. The molecule has 0 spiro atoms. The maximum Gasteiger partial charge on any atom is 0.183 e. The highest BCUT2D eigenvalue weighted by Crippen LogP contribution is 2.19. The lowest BCUT2D eigenvalue weighted by Gasteiger charge is -2.17. The van der Waals surface area contributed by atoms with Gasteiger partial charge in [-0.1, -0.05) is 24.3 Å². The summed E-state index contributed by atoms with van der Waals surface area (Å²) in [7, 11) is 0. The molecule has 1 aromatic carbocycles. The second-order valence-corrected chi connectivity index (χ2v) is 5.56. The van der Waals surface area contributed by atoms with Crippen LogP contribution in [-0.2, 0) is 9.47 Å². The van der Waals surface area contributed by atoms with Crippen LogP contribution in [0.2, 0.25) is 0 Å². The van der Waals surface area contributed by atoms with E-state index in [1.165, 1.54) is 0 Å². The molecule has 1 N–H and O–H groups in total. The first-order chi connectivity index (χ1) is 11.2. The number of halogens is 1. The van der Waals surface area contributed by atoms with Crippen molar-refractivity contribution in [1.82, 2.24) is 4.98 Å². The maximum atomic E-state index is 5.58. The van der Waals surface area contributed by atoms with Crippen molar-refractivity contribution in [2.75, 3.05) is 18.6 Å². The molecule has 0 saturated heterocycles. The smallest absolute Gasteiger partial charge is 0.183 e. The number of anilines is 1. The van der Waals surface area contributed by atoms with E-state index in [9.17, 15) is 0 Å². The number of nitrogens with zero attached hydrogens (tertiary/aromatic N) is 2. The summed E-state index contributed by atoms with van der Waals surface area (Å²) in [5, 5.41) is 4.17. The number of pyridine rings is 1. The number of aromatic nitrogens is 1. The summed E-state index contributed by atoms with van der Waals surface area (Å²) in [5.74, 6) is 0.689. The van der Waals surface area contributed by atoms with E-state index >= 15 is 0 Å². The van der Waals surface area contributed by atoms with Crippen LogP contribution in [0.5, 0.6) is 0 Å². The summed E-state index contributed by atoms with van der Waals surface area (Å²) in [6.45, 7) is 5.12. The molecule has 0 aliphatic rings. The molecular weight excluding hydrogens is 358 g/mol. The second kappa shape index (κ2) is 9.39. The molecule has 0 aliphatic heterocycles. The van der Waals surface area contributed by atoms with Gasteiger partial charge in [0.15, 0.2) is 6.29 Å². The molecule has 5 nitrogen and oxygen atoms in total. The van der Waals surface area contributed by atoms with E-state index in [-0.39, 0.29) is 6.29 Å². The molecule has 1 aromatic heterocycles. The van der Waals surface area contributed by atoms with Gasteiger partial charge in [-0.15, -0.1) is 0 Å². The van der Waals surface area contributed by atoms with Crippen molar-refractivity contribution >= 4 is 28.0 Å². The first kappa shape index (κ1) is 17.6. The average molecular weight is 378 g/mol. The summed E-state index contributed by atoms with van der Waals surface area (Å²) in [6, 6.07) is 11.7. The van der Waals surface area contributed by atoms with E-state index in [0.29, 0.717) is 19.0 Å². The molecule has 122 valence electrons. The third-order valence-corrected chi connectivity index (χ3v) is 3.43. The van der Waals surface area contributed by atoms with Crippen LogP contribution in [0.25, 0.3) is 0 Å². The topological polar surface area (TPSA) is 55.7 Å². The van der Waals surface area contributed by atoms with Crippen LogP contribution < -0.4 is 5.43 Å². The van der Waals surface area contributed by atoms with E-state index < -0.39 is 0 Å². The molecule has 6 heteroatoms. The van der Waals surface area contributed by atoms with E-state index in [1.54, 1.807) is 12.4 Å². The number of rotatable bonds is 8. The van der Waals surface area contributed by atoms with Crippen molar-refractivity contribution in [3.63, 3.8) is 0 Å². The molecule has 0 amide bonds. The zero-order chi connectivity index (χ0) is 16.5. The van der Waals surface area contributed by atoms with E-state index in [1.807, 2.05) is 50.2 Å². The van der Waals surface area contributed by atoms with Crippen molar-refractivity contribution in [1.29, 1.82) is 0 Å². The van der Waals surface area contributed by atoms with Gasteiger partial charge in [0.25, 0.3) is 0 Å². The van der Waals surface area contributed by atoms with E-state index in [2.05, 4.69) is 31.4 Å². The first-order valence-electron chi connectivity index (χ1n) is 7.46. The number of benzene rings is 1. The van der Waals surface area contributed by atoms with Crippen molar-refractivity contribution in [3.8, 4) is 0 Å². The molecule has 0 fully saturated rings. The molecule has 0 atom stereocenters. The van der Waals surface area contributed by atoms with Crippen LogP contribution in [0.3, 0.4) is 0 Å². The second-order valence-electron chi connectivity index (χ2n) is 4.64. The molecule has 0 saturated carbocycles. The highest BCUT2D eigenvalue weighted by molar-refractivity contribution is 9.10. The average Bonchev–Trinajstić information content (AvgIpc) is 2.57. The van der Waals surface area contributed by atoms with Gasteiger partial charge in [0.2, 0.25) is 0 Å². The minimum absolute atomic E-state index is 0.318. The maximum absolute atomic E-state index is 5.58. The Morgan fingerprint density at radius 3 is 2.39 bits per heavy atom. The fourth-order valence-electron chi connectivity index (χ4n) is 1.90. The predicted molar refractivity (Wildman–Crippen MR) is 95.6 cm³/mol. The largest absolute Gasteiger partial charge is 0.349 e. The highest BCUT2D eigenvalue weighted by Gasteiger charge is 2.10. The van der Waals surface area contributed by atoms with Gasteiger partial charge >= 0.3 is 0 Å². The number of ether oxygens (including phenoxy) is 2. The number of hydrogen-bond acceptors (Lipinski definition) is 5. The molecule has 0 bridgehead atoms. The van der Waals surface area contributed by atoms with Crippen molar-refractivity contribution in [2.24, 2.45) is 5.10 Å². The fraction of sp³-hybridized carbons (Fsp3) is 0.294. The van der Waals surface area contributed by atoms with Gasteiger partial charge in [0, 0.05) is 29.4 Å². The van der Waals surface area contributed by atoms with Gasteiger partial charge in [0.05, 0.1) is 6.21 Å². The lowest BCUT2D eigenvalue weighted by molar-refractivity contribution is -0.140. The molecule has 0 aliphatic carbocycles. The SMILES string of the molecule is CCOC(OCC)c1ccc(/C=N/Nc2ccc(Br)cn2)cc1. The van der Waals surface area contributed by atoms with Gasteiger partial charge in [-0.05, 0) is 47.5 Å². The minimum Gasteiger partial charge on any atom is -0.349 e. The third kappa shape index (κ3) is 5.74. The third-order valence-electron chi connectivity index (χ3n) is 2.96. The predicted octanol–water partition coefficient (Wildman–Crippen LogP) is 4.36. The Hall–Kier alpha value is -1.76. The molecule has 23 heavy (non-hydrogen) atoms. The lowest BCUT2D eigenvalue weighted by Crippen LogP contribution is -2.08. The molecular formula is C17H20BrN3O2. The summed E-state index contributed by atoms with van der Waals surface area (Å²) in [6.07, 6.45) is 3.14. The summed E-state index contributed by atoms with van der Waals surface area (Å²) < 4.78 is 12.1. The van der Waals surface area contributed by atoms with Crippen molar-refractivity contribution in [2.45, 2.75) is 20.1 Å². The van der Waals surface area contributed by atoms with Gasteiger partial charge in [-0.25, -0.2) is 4.98 Å². The first-order valence-corrected chi connectivity index (χ1v) is 8.26. The Labute approximate surface area is 144 Å². The molecule has 2 rings (SSSR count). The number of hydrazone groups is 1. The lowest BCUT2D eigenvalue weighted by atomic mass is 10.1. The van der Waals surface area contributed by atoms with Crippen LogP contribution in [0.15, 0.2) is 52.2 Å². The number of hydrogen-bond donors (Lipinski definition) is 1. The van der Waals surface area contributed by atoms with Gasteiger partial charge < -0.3 is 9.47 Å². The van der Waals surface area contributed by atoms with E-state index in [0.717, 1.165) is 15.6 Å². The molecule has 0 radical (unpaired) electrons. The Balaban J connectivity index is 1.95. The Morgan fingerprint density at radius 2 is 1.83 bits per heavy atom. The summed E-state index contributed by atoms with van der Waals surface area (Å²) >= 11 is 3.34. The van der Waals surface area contributed by atoms with Gasteiger partial charge in [-0.2, -0.15) is 5.10 Å². The number of nitrogens with one attached hydrogen (secondary N) is 1. The van der Waals surface area contributed by atoms with Crippen molar-refractivity contribution in [3.05, 3.63) is 58.2 Å². The minimum atomic E-state index is -0.318. The monoisotopic (exact) mass is 377 g/mol. The van der Waals surface area contributed by atoms with E-state index in [4.69, 9.17) is 9.47 Å². The van der Waals surface area contributed by atoms with Crippen molar-refractivity contribution < 1.29 is 9.47 Å². The molecule has 2 aromatic rings. The van der Waals surface area contributed by atoms with Gasteiger partial charge in [0.1, 0.15) is 5.82 Å². The van der Waals surface area contributed by atoms with Crippen LogP contribution >= 0.6 is 15.9 Å². The van der Waals surface area contributed by atoms with Crippen LogP contribution in [0, 0.1) is 0 Å². The zero-order valence-corrected chi connectivity index (χ0v) is 14.8. The Morgan fingerprint density at radius 1 is 1.13 bits per heavy atom. The van der Waals surface area contributed by atoms with Crippen LogP contribution in [0.4, 0.5) is 5.82 Å². The van der Waals surface area contributed by atoms with Gasteiger partial charge in [-0.3, -0.25) is 5.43 Å². The molecule has 0 unspecified atom stereocenters. The quantitative estimate of drug-likeness (QED) is 0.421. The summed E-state index contributed by atoms with van der Waals surface area (Å²) in [5.41, 5.74) is 4.86. The standard InChI is InChI=1S/C17H20BrN3O2/c1-3-22-17(23-4-2)14-7-5-13(6-8-14)11-20-21-16-10-9-15(18)12-19-16/h5-12,17H,3-4H2,1-2H3,(H,19,21)/b20-11+. The normalized spacial score (nSPS) is 11.3. The van der Waals surface area contributed by atoms with Crippen LogP contribution in [-0.4, -0.2) is 24.4 Å². The van der Waals surface area contributed by atoms with Crippen LogP contribution in [0.1, 0.15) is 31.3 Å². The Kier molecular flexibility index (Phi) is 7.19.